The maximum atomic E-state index is 10.8. The summed E-state index contributed by atoms with van der Waals surface area (Å²) in [6.45, 7) is 0.0255. The summed E-state index contributed by atoms with van der Waals surface area (Å²) in [4.78, 5) is 9.95. The van der Waals surface area contributed by atoms with Crippen molar-refractivity contribution in [1.29, 1.82) is 0 Å². The van der Waals surface area contributed by atoms with E-state index in [1.54, 1.807) is 0 Å². The zero-order chi connectivity index (χ0) is 8.48. The van der Waals surface area contributed by atoms with Crippen LogP contribution in [0.25, 0.3) is 0 Å². The summed E-state index contributed by atoms with van der Waals surface area (Å²) in [5, 5.41) is 9.70. The van der Waals surface area contributed by atoms with Crippen LogP contribution < -0.4 is 5.32 Å². The van der Waals surface area contributed by atoms with Gasteiger partial charge in [-0.15, -0.1) is 0 Å². The third-order valence-corrected chi connectivity index (χ3v) is 3.94. The monoisotopic (exact) mass is 179 g/mol. The van der Waals surface area contributed by atoms with Crippen molar-refractivity contribution in [2.75, 3.05) is 12.3 Å². The van der Waals surface area contributed by atoms with Gasteiger partial charge in [-0.2, -0.15) is 0 Å². The maximum absolute atomic E-state index is 10.8. The highest BCUT2D eigenvalue weighted by molar-refractivity contribution is 7.93. The summed E-state index contributed by atoms with van der Waals surface area (Å²) in [5.41, 5.74) is 0. The van der Waals surface area contributed by atoms with Crippen molar-refractivity contribution < 1.29 is 18.3 Å². The van der Waals surface area contributed by atoms with Crippen LogP contribution in [0.3, 0.4) is 0 Å². The molecule has 1 aliphatic rings. The van der Waals surface area contributed by atoms with Gasteiger partial charge in [-0.1, -0.05) is 0 Å². The van der Waals surface area contributed by atoms with Crippen molar-refractivity contribution >= 4 is 15.9 Å². The molecule has 6 heteroatoms. The Balaban J connectivity index is 2.35. The van der Waals surface area contributed by atoms with Gasteiger partial charge >= 0.3 is 6.09 Å². The van der Waals surface area contributed by atoms with Gasteiger partial charge in [0, 0.05) is 6.54 Å². The third kappa shape index (κ3) is 1.83. The standard InChI is InChI=1S/C5H9NO4S/c7-5(8)6-3-4-1-2-11(4,9)10/h4,6H,1-3H2,(H,7,8). The number of rotatable bonds is 2. The predicted octanol–water partition coefficient (Wildman–Crippen LogP) is -0.559. The Bertz CT molecular complexity index is 258. The van der Waals surface area contributed by atoms with Crippen LogP contribution in [0, 0.1) is 0 Å². The van der Waals surface area contributed by atoms with Crippen molar-refractivity contribution in [3.63, 3.8) is 0 Å². The van der Waals surface area contributed by atoms with E-state index < -0.39 is 21.2 Å². The molecule has 0 radical (unpaired) electrons. The van der Waals surface area contributed by atoms with Crippen molar-refractivity contribution in [2.45, 2.75) is 11.7 Å². The second kappa shape index (κ2) is 2.69. The Labute approximate surface area is 64.3 Å². The summed E-state index contributed by atoms with van der Waals surface area (Å²) in [7, 11) is -2.94. The average Bonchev–Trinajstić information content (AvgIpc) is 1.85. The number of hydrogen-bond acceptors (Lipinski definition) is 3. The molecular weight excluding hydrogens is 170 g/mol. The summed E-state index contributed by atoms with van der Waals surface area (Å²) >= 11 is 0. The van der Waals surface area contributed by atoms with Crippen LogP contribution in [0.2, 0.25) is 0 Å². The van der Waals surface area contributed by atoms with Gasteiger partial charge in [-0.05, 0) is 6.42 Å². The summed E-state index contributed by atoms with van der Waals surface area (Å²) in [6, 6.07) is 0. The number of sulfone groups is 1. The molecule has 1 heterocycles. The van der Waals surface area contributed by atoms with Crippen LogP contribution in [0.5, 0.6) is 0 Å². The van der Waals surface area contributed by atoms with Gasteiger partial charge in [0.2, 0.25) is 0 Å². The lowest BCUT2D eigenvalue weighted by Crippen LogP contribution is -2.45. The fraction of sp³-hybridized carbons (Fsp3) is 0.800. The largest absolute Gasteiger partial charge is 0.465 e. The van der Waals surface area contributed by atoms with Gasteiger partial charge in [0.25, 0.3) is 0 Å². The Hall–Kier alpha value is -0.780. The average molecular weight is 179 g/mol. The first-order valence-corrected chi connectivity index (χ1v) is 4.92. The molecule has 2 N–H and O–H groups in total. The van der Waals surface area contributed by atoms with Crippen molar-refractivity contribution in [1.82, 2.24) is 5.32 Å². The molecule has 1 unspecified atom stereocenters. The van der Waals surface area contributed by atoms with E-state index in [4.69, 9.17) is 5.11 Å². The fourth-order valence-electron chi connectivity index (χ4n) is 0.907. The summed E-state index contributed by atoms with van der Waals surface area (Å²) in [5.74, 6) is 0.193. The molecule has 1 fully saturated rings. The third-order valence-electron chi connectivity index (χ3n) is 1.71. The van der Waals surface area contributed by atoms with E-state index in [0.29, 0.717) is 6.42 Å². The molecule has 0 bridgehead atoms. The number of hydrogen-bond donors (Lipinski definition) is 2. The molecule has 1 amide bonds. The van der Waals surface area contributed by atoms with E-state index in [9.17, 15) is 13.2 Å². The zero-order valence-corrected chi connectivity index (χ0v) is 6.60. The quantitative estimate of drug-likeness (QED) is 0.595. The smallest absolute Gasteiger partial charge is 0.404 e. The second-order valence-corrected chi connectivity index (χ2v) is 4.86. The SMILES string of the molecule is O=C(O)NCC1CCS1(=O)=O. The first kappa shape index (κ1) is 8.32. The Kier molecular flexibility index (Phi) is 2.03. The zero-order valence-electron chi connectivity index (χ0n) is 5.78. The minimum Gasteiger partial charge on any atom is -0.465 e. The van der Waals surface area contributed by atoms with Crippen LogP contribution in [0.15, 0.2) is 0 Å². The fourth-order valence-corrected chi connectivity index (χ4v) is 2.20. The Morgan fingerprint density at radius 2 is 2.27 bits per heavy atom. The van der Waals surface area contributed by atoms with Crippen molar-refractivity contribution in [3.05, 3.63) is 0 Å². The molecule has 1 saturated heterocycles. The highest BCUT2D eigenvalue weighted by Crippen LogP contribution is 2.19. The lowest BCUT2D eigenvalue weighted by atomic mass is 10.3. The van der Waals surface area contributed by atoms with E-state index in [1.165, 1.54) is 0 Å². The van der Waals surface area contributed by atoms with E-state index >= 15 is 0 Å². The highest BCUT2D eigenvalue weighted by atomic mass is 32.2. The van der Waals surface area contributed by atoms with E-state index in [-0.39, 0.29) is 12.3 Å². The first-order chi connectivity index (χ1) is 5.02. The molecule has 0 aromatic carbocycles. The van der Waals surface area contributed by atoms with Gasteiger partial charge in [-0.3, -0.25) is 0 Å². The maximum Gasteiger partial charge on any atom is 0.404 e. The van der Waals surface area contributed by atoms with E-state index in [0.717, 1.165) is 0 Å². The van der Waals surface area contributed by atoms with Crippen LogP contribution in [-0.4, -0.2) is 37.2 Å². The lowest BCUT2D eigenvalue weighted by molar-refractivity contribution is 0.194. The minimum atomic E-state index is -2.94. The molecule has 0 saturated carbocycles. The molecule has 0 aliphatic carbocycles. The first-order valence-electron chi connectivity index (χ1n) is 3.21. The summed E-state index contributed by atoms with van der Waals surface area (Å²) < 4.78 is 21.6. The molecule has 0 spiro atoms. The Morgan fingerprint density at radius 3 is 2.55 bits per heavy atom. The second-order valence-electron chi connectivity index (χ2n) is 2.46. The van der Waals surface area contributed by atoms with Crippen molar-refractivity contribution in [3.8, 4) is 0 Å². The number of carboxylic acid groups (broad SMARTS) is 1. The predicted molar refractivity (Wildman–Crippen MR) is 38.2 cm³/mol. The van der Waals surface area contributed by atoms with E-state index in [1.807, 2.05) is 5.32 Å². The summed E-state index contributed by atoms with van der Waals surface area (Å²) in [6.07, 6.45) is -0.602. The molecule has 1 aliphatic heterocycles. The minimum absolute atomic E-state index is 0.0255. The molecule has 11 heavy (non-hydrogen) atoms. The van der Waals surface area contributed by atoms with Crippen LogP contribution in [0.4, 0.5) is 4.79 Å². The molecule has 64 valence electrons. The molecule has 1 rings (SSSR count). The normalized spacial score (nSPS) is 27.1. The van der Waals surface area contributed by atoms with Gasteiger partial charge in [0.05, 0.1) is 11.0 Å². The van der Waals surface area contributed by atoms with Crippen LogP contribution >= 0.6 is 0 Å². The van der Waals surface area contributed by atoms with E-state index in [2.05, 4.69) is 0 Å². The number of amides is 1. The highest BCUT2D eigenvalue weighted by Gasteiger charge is 2.35. The topological polar surface area (TPSA) is 83.5 Å². The lowest BCUT2D eigenvalue weighted by Gasteiger charge is -2.25. The number of nitrogens with one attached hydrogen (secondary N) is 1. The molecule has 0 aromatic heterocycles. The van der Waals surface area contributed by atoms with Gasteiger partial charge in [-0.25, -0.2) is 13.2 Å². The van der Waals surface area contributed by atoms with Gasteiger partial charge < -0.3 is 10.4 Å². The van der Waals surface area contributed by atoms with Crippen LogP contribution in [0.1, 0.15) is 6.42 Å². The molecule has 0 aromatic rings. The Morgan fingerprint density at radius 1 is 1.64 bits per heavy atom. The molecule has 1 atom stereocenters. The van der Waals surface area contributed by atoms with Crippen molar-refractivity contribution in [2.24, 2.45) is 0 Å². The number of carbonyl (C=O) groups is 1. The van der Waals surface area contributed by atoms with Crippen LogP contribution in [-0.2, 0) is 9.84 Å². The van der Waals surface area contributed by atoms with Gasteiger partial charge in [0.1, 0.15) is 0 Å². The molecule has 5 nitrogen and oxygen atoms in total. The molecular formula is C5H9NO4S. The van der Waals surface area contributed by atoms with Gasteiger partial charge in [0.15, 0.2) is 9.84 Å².